The zero-order valence-electron chi connectivity index (χ0n) is 3.84. The predicted octanol–water partition coefficient (Wildman–Crippen LogP) is -1.91. The molecule has 11 radical (unpaired) electrons. The largest absolute Gasteiger partial charge is 0 e. The second-order valence-electron chi connectivity index (χ2n) is 0. The molecule has 0 nitrogen and oxygen atoms in total. The van der Waals surface area contributed by atoms with Crippen molar-refractivity contribution in [3.05, 3.63) is 0 Å². The monoisotopic (exact) mass is 242 g/mol. The number of hydrogen-bond acceptors (Lipinski definition) is 0. The van der Waals surface area contributed by atoms with Gasteiger partial charge in [-0.3, -0.25) is 0 Å². The van der Waals surface area contributed by atoms with Crippen molar-refractivity contribution >= 4 is 50.6 Å². The summed E-state index contributed by atoms with van der Waals surface area (Å²) < 4.78 is 0. The molecule has 0 spiro atoms. The molecule has 0 atom stereocenters. The SMILES string of the molecule is [Au].[Be].[Be].[Be].[Be].[Be]. The molecule has 0 saturated carbocycles. The van der Waals surface area contributed by atoms with Crippen LogP contribution in [0, 0.1) is 0 Å². The molecule has 0 heterocycles. The van der Waals surface area contributed by atoms with Gasteiger partial charge in [0.05, 0.1) is 0 Å². The predicted molar refractivity (Wildman–Crippen MR) is 28.8 cm³/mol. The molecule has 0 amide bonds. The van der Waals surface area contributed by atoms with E-state index in [4.69, 9.17) is 0 Å². The van der Waals surface area contributed by atoms with E-state index in [0.717, 1.165) is 0 Å². The van der Waals surface area contributed by atoms with Crippen molar-refractivity contribution in [2.45, 2.75) is 0 Å². The van der Waals surface area contributed by atoms with Crippen molar-refractivity contribution in [3.63, 3.8) is 0 Å². The summed E-state index contributed by atoms with van der Waals surface area (Å²) >= 11 is 0. The van der Waals surface area contributed by atoms with Crippen molar-refractivity contribution in [2.75, 3.05) is 0 Å². The Hall–Kier alpha value is 1.58. The summed E-state index contributed by atoms with van der Waals surface area (Å²) in [6.45, 7) is 0. The zero-order chi connectivity index (χ0) is 0. The van der Waals surface area contributed by atoms with Gasteiger partial charge >= 0.3 is 0 Å². The molecule has 0 aromatic rings. The molecule has 0 aliphatic rings. The summed E-state index contributed by atoms with van der Waals surface area (Å²) in [5.74, 6) is 0. The molecule has 0 aliphatic heterocycles. The molecule has 0 unspecified atom stereocenters. The van der Waals surface area contributed by atoms with E-state index in [1.807, 2.05) is 0 Å². The molecule has 0 rings (SSSR count). The normalized spacial score (nSPS) is 0. The van der Waals surface area contributed by atoms with E-state index >= 15 is 0 Å². The molecule has 21 valence electrons. The third-order valence-corrected chi connectivity index (χ3v) is 0. The number of hydrogen-bond donors (Lipinski definition) is 0. The van der Waals surface area contributed by atoms with Gasteiger partial charge < -0.3 is 0 Å². The van der Waals surface area contributed by atoms with E-state index < -0.39 is 0 Å². The van der Waals surface area contributed by atoms with Gasteiger partial charge in [0, 0.05) is 73.0 Å². The summed E-state index contributed by atoms with van der Waals surface area (Å²) in [5.41, 5.74) is 0. The number of rotatable bonds is 0. The van der Waals surface area contributed by atoms with Crippen LogP contribution in [0.5, 0.6) is 0 Å². The molecule has 0 aromatic heterocycles. The van der Waals surface area contributed by atoms with Crippen LogP contribution >= 0.6 is 0 Å². The Morgan fingerprint density at radius 2 is 0.333 bits per heavy atom. The smallest absolute Gasteiger partial charge is 0 e. The van der Waals surface area contributed by atoms with Gasteiger partial charge in [0.2, 0.25) is 0 Å². The summed E-state index contributed by atoms with van der Waals surface area (Å²) in [6.07, 6.45) is 0. The van der Waals surface area contributed by atoms with E-state index in [9.17, 15) is 0 Å². The molecule has 0 bridgehead atoms. The van der Waals surface area contributed by atoms with Gasteiger partial charge in [0.15, 0.2) is 0 Å². The first-order valence-electron chi connectivity index (χ1n) is 0. The maximum Gasteiger partial charge on any atom is 0 e. The van der Waals surface area contributed by atoms with Gasteiger partial charge in [-0.15, -0.1) is 0 Å². The fraction of sp³-hybridized carbons (Fsp3) is 0. The Morgan fingerprint density at radius 3 is 0.333 bits per heavy atom. The van der Waals surface area contributed by atoms with Crippen molar-refractivity contribution < 1.29 is 22.4 Å². The molecule has 0 saturated heterocycles. The van der Waals surface area contributed by atoms with Crippen molar-refractivity contribution in [2.24, 2.45) is 0 Å². The van der Waals surface area contributed by atoms with Gasteiger partial charge in [0.25, 0.3) is 0 Å². The van der Waals surface area contributed by atoms with E-state index in [2.05, 4.69) is 0 Å². The Bertz CT molecular complexity index is 3.90. The third-order valence-electron chi connectivity index (χ3n) is 0. The maximum atomic E-state index is 0. The second kappa shape index (κ2) is 81.8. The van der Waals surface area contributed by atoms with Crippen LogP contribution < -0.4 is 0 Å². The average Bonchev–Trinajstić information content (AvgIpc) is 0. The van der Waals surface area contributed by atoms with Crippen molar-refractivity contribution in [1.29, 1.82) is 0 Å². The summed E-state index contributed by atoms with van der Waals surface area (Å²) in [6, 6.07) is 0. The molecule has 6 heavy (non-hydrogen) atoms. The van der Waals surface area contributed by atoms with Gasteiger partial charge in [-0.1, -0.05) is 0 Å². The zero-order valence-corrected chi connectivity index (χ0v) is 6.00. The van der Waals surface area contributed by atoms with Crippen molar-refractivity contribution in [3.8, 4) is 0 Å². The fourth-order valence-electron chi connectivity index (χ4n) is 0. The van der Waals surface area contributed by atoms with Gasteiger partial charge in [-0.05, 0) is 0 Å². The molecule has 0 N–H and O–H groups in total. The van der Waals surface area contributed by atoms with Gasteiger partial charge in [-0.2, -0.15) is 0 Å². The second-order valence-corrected chi connectivity index (χ2v) is 0. The quantitative estimate of drug-likeness (QED) is 0.435. The molecule has 0 fully saturated rings. The molecule has 0 aromatic carbocycles. The Labute approximate surface area is 72.8 Å². The van der Waals surface area contributed by atoms with E-state index in [0.29, 0.717) is 0 Å². The van der Waals surface area contributed by atoms with E-state index in [1.165, 1.54) is 0 Å². The topological polar surface area (TPSA) is 0 Å². The first-order valence-corrected chi connectivity index (χ1v) is 0. The fourth-order valence-corrected chi connectivity index (χ4v) is 0. The first-order chi connectivity index (χ1) is 0. The van der Waals surface area contributed by atoms with E-state index in [-0.39, 0.29) is 73.0 Å². The maximum absolute atomic E-state index is 0. The van der Waals surface area contributed by atoms with Crippen LogP contribution in [-0.2, 0) is 22.4 Å². The van der Waals surface area contributed by atoms with Gasteiger partial charge in [0.1, 0.15) is 0 Å². The van der Waals surface area contributed by atoms with Crippen LogP contribution in [0.1, 0.15) is 0 Å². The molecule has 0 aliphatic carbocycles. The first kappa shape index (κ1) is 131. The van der Waals surface area contributed by atoms with Crippen LogP contribution in [0.3, 0.4) is 0 Å². The average molecular weight is 242 g/mol. The third kappa shape index (κ3) is 46.8. The van der Waals surface area contributed by atoms with Crippen LogP contribution in [-0.4, -0.2) is 50.6 Å². The van der Waals surface area contributed by atoms with Gasteiger partial charge in [-0.25, -0.2) is 0 Å². The minimum absolute atomic E-state index is 0. The molecular formula is AuBe5. The van der Waals surface area contributed by atoms with Crippen molar-refractivity contribution in [1.82, 2.24) is 0 Å². The van der Waals surface area contributed by atoms with Crippen LogP contribution in [0.15, 0.2) is 0 Å². The van der Waals surface area contributed by atoms with E-state index in [1.54, 1.807) is 0 Å². The minimum atomic E-state index is 0. The standard InChI is InChI=1S/Au.5Be. The summed E-state index contributed by atoms with van der Waals surface area (Å²) in [4.78, 5) is 0. The Kier molecular flexibility index (Phi) is 1790. The molecular weight excluding hydrogens is 242 g/mol. The minimum Gasteiger partial charge on any atom is 0 e. The Morgan fingerprint density at radius 1 is 0.333 bits per heavy atom. The summed E-state index contributed by atoms with van der Waals surface area (Å²) in [5, 5.41) is 0. The summed E-state index contributed by atoms with van der Waals surface area (Å²) in [7, 11) is 0. The molecule has 6 heteroatoms. The van der Waals surface area contributed by atoms with Crippen LogP contribution in [0.2, 0.25) is 0 Å². The van der Waals surface area contributed by atoms with Crippen LogP contribution in [0.25, 0.3) is 0 Å². The van der Waals surface area contributed by atoms with Crippen LogP contribution in [0.4, 0.5) is 0 Å². The Balaban J connectivity index is 0.